The Bertz CT molecular complexity index is 483. The second-order valence-corrected chi connectivity index (χ2v) is 5.26. The summed E-state index contributed by atoms with van der Waals surface area (Å²) >= 11 is 7.66. The molecule has 2 rings (SSSR count). The maximum Gasteiger partial charge on any atom is 0.124 e. The Hall–Kier alpha value is -0.860. The number of nitrogens with zero attached hydrogens (tertiary/aromatic N) is 1. The summed E-state index contributed by atoms with van der Waals surface area (Å²) in [6, 6.07) is 5.92. The van der Waals surface area contributed by atoms with Crippen LogP contribution < -0.4 is 0 Å². The van der Waals surface area contributed by atoms with E-state index < -0.39 is 0 Å². The van der Waals surface area contributed by atoms with E-state index in [1.54, 1.807) is 11.3 Å². The molecule has 1 aromatic carbocycles. The highest BCUT2D eigenvalue weighted by atomic mass is 35.5. The Labute approximate surface area is 98.7 Å². The van der Waals surface area contributed by atoms with Crippen molar-refractivity contribution in [3.63, 3.8) is 0 Å². The van der Waals surface area contributed by atoms with Gasteiger partial charge in [-0.1, -0.05) is 17.7 Å². The summed E-state index contributed by atoms with van der Waals surface area (Å²) in [4.78, 5) is 5.82. The zero-order valence-corrected chi connectivity index (χ0v) is 10.5. The molecule has 3 heteroatoms. The molecule has 0 aliphatic rings. The van der Waals surface area contributed by atoms with E-state index in [1.165, 1.54) is 16.0 Å². The Morgan fingerprint density at radius 2 is 1.93 bits per heavy atom. The van der Waals surface area contributed by atoms with E-state index in [0.29, 0.717) is 0 Å². The van der Waals surface area contributed by atoms with Crippen LogP contribution in [0.15, 0.2) is 18.2 Å². The molecule has 1 nitrogen and oxygen atoms in total. The zero-order chi connectivity index (χ0) is 11.0. The zero-order valence-electron chi connectivity index (χ0n) is 8.97. The fourth-order valence-corrected chi connectivity index (χ4v) is 2.69. The topological polar surface area (TPSA) is 12.9 Å². The van der Waals surface area contributed by atoms with Crippen LogP contribution in [0.2, 0.25) is 5.02 Å². The van der Waals surface area contributed by atoms with Crippen LogP contribution in [0.3, 0.4) is 0 Å². The largest absolute Gasteiger partial charge is 0.241 e. The Morgan fingerprint density at radius 3 is 2.47 bits per heavy atom. The number of hydrogen-bond acceptors (Lipinski definition) is 2. The molecular weight excluding hydrogens is 226 g/mol. The van der Waals surface area contributed by atoms with Crippen LogP contribution in [0, 0.1) is 20.8 Å². The molecule has 0 bridgehead atoms. The summed E-state index contributed by atoms with van der Waals surface area (Å²) in [5.41, 5.74) is 3.47. The molecule has 0 spiro atoms. The van der Waals surface area contributed by atoms with Crippen molar-refractivity contribution in [2.45, 2.75) is 20.8 Å². The molecule has 0 radical (unpaired) electrons. The molecule has 1 heterocycles. The van der Waals surface area contributed by atoms with Gasteiger partial charge in [-0.25, -0.2) is 4.98 Å². The van der Waals surface area contributed by atoms with Crippen LogP contribution >= 0.6 is 22.9 Å². The minimum absolute atomic E-state index is 0.779. The first kappa shape index (κ1) is 10.7. The highest BCUT2D eigenvalue weighted by molar-refractivity contribution is 7.15. The van der Waals surface area contributed by atoms with Crippen LogP contribution in [0.1, 0.15) is 16.1 Å². The molecule has 0 saturated carbocycles. The lowest BCUT2D eigenvalue weighted by molar-refractivity contribution is 1.23. The lowest BCUT2D eigenvalue weighted by Gasteiger charge is -2.01. The summed E-state index contributed by atoms with van der Waals surface area (Å²) < 4.78 is 0. The van der Waals surface area contributed by atoms with Crippen molar-refractivity contribution in [3.8, 4) is 10.6 Å². The van der Waals surface area contributed by atoms with Crippen LogP contribution in [0.4, 0.5) is 0 Å². The number of halogens is 1. The van der Waals surface area contributed by atoms with Crippen molar-refractivity contribution in [3.05, 3.63) is 39.4 Å². The number of rotatable bonds is 1. The van der Waals surface area contributed by atoms with Gasteiger partial charge >= 0.3 is 0 Å². The number of aryl methyl sites for hydroxylation is 3. The van der Waals surface area contributed by atoms with E-state index in [9.17, 15) is 0 Å². The van der Waals surface area contributed by atoms with Gasteiger partial charge in [-0.2, -0.15) is 0 Å². The van der Waals surface area contributed by atoms with Gasteiger partial charge in [0.25, 0.3) is 0 Å². The quantitative estimate of drug-likeness (QED) is 0.717. The summed E-state index contributed by atoms with van der Waals surface area (Å²) in [6.45, 7) is 6.20. The van der Waals surface area contributed by atoms with Crippen molar-refractivity contribution >= 4 is 22.9 Å². The molecule has 0 fully saturated rings. The monoisotopic (exact) mass is 237 g/mol. The minimum Gasteiger partial charge on any atom is -0.241 e. The molecule has 0 N–H and O–H groups in total. The van der Waals surface area contributed by atoms with Gasteiger partial charge in [-0.3, -0.25) is 0 Å². The number of thiazole rings is 1. The van der Waals surface area contributed by atoms with Crippen molar-refractivity contribution < 1.29 is 0 Å². The van der Waals surface area contributed by atoms with E-state index >= 15 is 0 Å². The summed E-state index contributed by atoms with van der Waals surface area (Å²) in [7, 11) is 0. The van der Waals surface area contributed by atoms with Crippen molar-refractivity contribution in [2.24, 2.45) is 0 Å². The van der Waals surface area contributed by atoms with Crippen LogP contribution in [0.25, 0.3) is 10.6 Å². The minimum atomic E-state index is 0.779. The molecule has 0 aliphatic carbocycles. The standard InChI is InChI=1S/C12H12ClNS/c1-7-6-10(13)4-5-11(7)12-14-8(2)9(3)15-12/h4-6H,1-3H3. The van der Waals surface area contributed by atoms with Gasteiger partial charge in [0.1, 0.15) is 5.01 Å². The predicted molar refractivity (Wildman–Crippen MR) is 66.8 cm³/mol. The predicted octanol–water partition coefficient (Wildman–Crippen LogP) is 4.39. The van der Waals surface area contributed by atoms with Gasteiger partial charge < -0.3 is 0 Å². The molecule has 15 heavy (non-hydrogen) atoms. The van der Waals surface area contributed by atoms with Gasteiger partial charge in [0, 0.05) is 15.5 Å². The highest BCUT2D eigenvalue weighted by Gasteiger charge is 2.08. The van der Waals surface area contributed by atoms with E-state index in [0.717, 1.165) is 15.7 Å². The van der Waals surface area contributed by atoms with Crippen molar-refractivity contribution in [1.29, 1.82) is 0 Å². The summed E-state index contributed by atoms with van der Waals surface area (Å²) in [5, 5.41) is 1.86. The third-order valence-corrected chi connectivity index (χ3v) is 3.79. The van der Waals surface area contributed by atoms with Crippen LogP contribution in [0.5, 0.6) is 0 Å². The van der Waals surface area contributed by atoms with Crippen molar-refractivity contribution in [2.75, 3.05) is 0 Å². The first-order valence-electron chi connectivity index (χ1n) is 4.78. The van der Waals surface area contributed by atoms with Crippen LogP contribution in [-0.4, -0.2) is 4.98 Å². The van der Waals surface area contributed by atoms with Gasteiger partial charge in [0.2, 0.25) is 0 Å². The average Bonchev–Trinajstić information content (AvgIpc) is 2.46. The number of hydrogen-bond donors (Lipinski definition) is 0. The smallest absolute Gasteiger partial charge is 0.124 e. The maximum absolute atomic E-state index is 5.92. The normalized spacial score (nSPS) is 10.7. The molecule has 0 atom stereocenters. The second-order valence-electron chi connectivity index (χ2n) is 3.62. The van der Waals surface area contributed by atoms with Gasteiger partial charge in [0.15, 0.2) is 0 Å². The molecule has 78 valence electrons. The lowest BCUT2D eigenvalue weighted by atomic mass is 10.1. The molecule has 0 aliphatic heterocycles. The third kappa shape index (κ3) is 2.06. The Kier molecular flexibility index (Phi) is 2.81. The Morgan fingerprint density at radius 1 is 1.20 bits per heavy atom. The van der Waals surface area contributed by atoms with E-state index in [4.69, 9.17) is 11.6 Å². The molecule has 2 aromatic rings. The number of benzene rings is 1. The fourth-order valence-electron chi connectivity index (χ4n) is 1.45. The average molecular weight is 238 g/mol. The summed E-state index contributed by atoms with van der Waals surface area (Å²) in [5.74, 6) is 0. The molecule has 1 aromatic heterocycles. The Balaban J connectivity index is 2.54. The van der Waals surface area contributed by atoms with E-state index in [2.05, 4.69) is 18.8 Å². The van der Waals surface area contributed by atoms with Gasteiger partial charge in [-0.05, 0) is 38.5 Å². The highest BCUT2D eigenvalue weighted by Crippen LogP contribution is 2.30. The number of aromatic nitrogens is 1. The second kappa shape index (κ2) is 3.95. The van der Waals surface area contributed by atoms with Crippen molar-refractivity contribution in [1.82, 2.24) is 4.98 Å². The maximum atomic E-state index is 5.92. The van der Waals surface area contributed by atoms with E-state index in [-0.39, 0.29) is 0 Å². The van der Waals surface area contributed by atoms with Gasteiger partial charge in [0.05, 0.1) is 5.69 Å². The molecule has 0 unspecified atom stereocenters. The molecule has 0 saturated heterocycles. The fraction of sp³-hybridized carbons (Fsp3) is 0.250. The first-order valence-corrected chi connectivity index (χ1v) is 5.98. The lowest BCUT2D eigenvalue weighted by Crippen LogP contribution is -1.82. The molecular formula is C12H12ClNS. The van der Waals surface area contributed by atoms with Crippen LogP contribution in [-0.2, 0) is 0 Å². The third-order valence-electron chi connectivity index (χ3n) is 2.45. The first-order chi connectivity index (χ1) is 7.08. The molecule has 0 amide bonds. The SMILES string of the molecule is Cc1cc(Cl)ccc1-c1nc(C)c(C)s1. The van der Waals surface area contributed by atoms with E-state index in [1.807, 2.05) is 25.1 Å². The summed E-state index contributed by atoms with van der Waals surface area (Å²) in [6.07, 6.45) is 0. The van der Waals surface area contributed by atoms with Gasteiger partial charge in [-0.15, -0.1) is 11.3 Å².